The first kappa shape index (κ1) is 13.6. The quantitative estimate of drug-likeness (QED) is 0.845. The zero-order chi connectivity index (χ0) is 15.3. The topological polar surface area (TPSA) is 76.7 Å². The monoisotopic (exact) mass is 302 g/mol. The third-order valence-corrected chi connectivity index (χ3v) is 4.77. The Kier molecular flexibility index (Phi) is 3.07. The molecule has 2 amide bonds. The van der Waals surface area contributed by atoms with E-state index in [1.165, 1.54) is 0 Å². The summed E-state index contributed by atoms with van der Waals surface area (Å²) in [6, 6.07) is 3.67. The lowest BCUT2D eigenvalue weighted by Crippen LogP contribution is -2.30. The van der Waals surface area contributed by atoms with E-state index >= 15 is 0 Å². The molecule has 2 atom stereocenters. The summed E-state index contributed by atoms with van der Waals surface area (Å²) in [7, 11) is 1.57. The Hall–Kier alpha value is -2.08. The lowest BCUT2D eigenvalue weighted by atomic mass is 10.0. The predicted molar refractivity (Wildman–Crippen MR) is 78.1 cm³/mol. The second-order valence-electron chi connectivity index (χ2n) is 6.05. The van der Waals surface area contributed by atoms with Gasteiger partial charge in [0, 0.05) is 36.9 Å². The van der Waals surface area contributed by atoms with Gasteiger partial charge in [0.15, 0.2) is 0 Å². The predicted octanol–water partition coefficient (Wildman–Crippen LogP) is 0.356. The van der Waals surface area contributed by atoms with E-state index in [0.29, 0.717) is 35.3 Å². The number of benzene rings is 1. The SMILES string of the molecule is CNC(=O)c1cc(C(=O)NC2C3COCC32)cc2c1OCC2. The van der Waals surface area contributed by atoms with E-state index in [9.17, 15) is 9.59 Å². The molecule has 3 aliphatic rings. The number of nitrogens with one attached hydrogen (secondary N) is 2. The van der Waals surface area contributed by atoms with Gasteiger partial charge in [-0.15, -0.1) is 0 Å². The molecule has 2 N–H and O–H groups in total. The van der Waals surface area contributed by atoms with E-state index in [-0.39, 0.29) is 17.9 Å². The molecule has 0 aromatic heterocycles. The third kappa shape index (κ3) is 2.06. The second kappa shape index (κ2) is 4.98. The Bertz CT molecular complexity index is 648. The van der Waals surface area contributed by atoms with E-state index in [4.69, 9.17) is 9.47 Å². The average molecular weight is 302 g/mol. The van der Waals surface area contributed by atoms with E-state index < -0.39 is 0 Å². The van der Waals surface area contributed by atoms with Crippen LogP contribution in [0.2, 0.25) is 0 Å². The van der Waals surface area contributed by atoms with Crippen LogP contribution >= 0.6 is 0 Å². The largest absolute Gasteiger partial charge is 0.492 e. The standard InChI is InChI=1S/C16H18N2O4/c1-17-16(20)10-5-9(4-8-2-3-22-14(8)10)15(19)18-13-11-6-21-7-12(11)13/h4-5,11-13H,2-3,6-7H2,1H3,(H,17,20)(H,18,19). The van der Waals surface area contributed by atoms with E-state index in [1.54, 1.807) is 13.1 Å². The molecule has 6 heteroatoms. The molecule has 22 heavy (non-hydrogen) atoms. The summed E-state index contributed by atoms with van der Waals surface area (Å²) in [5, 5.41) is 5.65. The number of hydrogen-bond acceptors (Lipinski definition) is 4. The summed E-state index contributed by atoms with van der Waals surface area (Å²) in [5.74, 6) is 1.16. The molecule has 2 heterocycles. The Labute approximate surface area is 128 Å². The molecule has 1 saturated heterocycles. The molecule has 2 aliphatic heterocycles. The van der Waals surface area contributed by atoms with Crippen molar-refractivity contribution in [3.05, 3.63) is 28.8 Å². The van der Waals surface area contributed by atoms with Crippen molar-refractivity contribution in [2.75, 3.05) is 26.9 Å². The number of hydrogen-bond donors (Lipinski definition) is 2. The molecule has 4 rings (SSSR count). The van der Waals surface area contributed by atoms with Gasteiger partial charge in [-0.05, 0) is 17.7 Å². The summed E-state index contributed by atoms with van der Waals surface area (Å²) >= 11 is 0. The fourth-order valence-electron chi connectivity index (χ4n) is 3.43. The van der Waals surface area contributed by atoms with E-state index in [0.717, 1.165) is 25.2 Å². The molecule has 1 aliphatic carbocycles. The molecule has 1 aromatic carbocycles. The molecule has 1 aromatic rings. The first-order chi connectivity index (χ1) is 10.7. The van der Waals surface area contributed by atoms with Crippen LogP contribution in [0, 0.1) is 11.8 Å². The Morgan fingerprint density at radius 1 is 1.18 bits per heavy atom. The molecule has 2 fully saturated rings. The van der Waals surface area contributed by atoms with Crippen molar-refractivity contribution in [2.24, 2.45) is 11.8 Å². The minimum atomic E-state index is -0.232. The molecular weight excluding hydrogens is 284 g/mol. The van der Waals surface area contributed by atoms with Crippen LogP contribution < -0.4 is 15.4 Å². The van der Waals surface area contributed by atoms with Crippen LogP contribution in [0.3, 0.4) is 0 Å². The highest BCUT2D eigenvalue weighted by atomic mass is 16.5. The lowest BCUT2D eigenvalue weighted by Gasteiger charge is -2.11. The van der Waals surface area contributed by atoms with Crippen molar-refractivity contribution < 1.29 is 19.1 Å². The Morgan fingerprint density at radius 3 is 2.68 bits per heavy atom. The van der Waals surface area contributed by atoms with Gasteiger partial charge in [0.1, 0.15) is 5.75 Å². The van der Waals surface area contributed by atoms with Crippen LogP contribution in [-0.2, 0) is 11.2 Å². The van der Waals surface area contributed by atoms with Crippen molar-refractivity contribution >= 4 is 11.8 Å². The number of ether oxygens (including phenoxy) is 2. The number of fused-ring (bicyclic) bond motifs is 2. The van der Waals surface area contributed by atoms with Gasteiger partial charge in [-0.2, -0.15) is 0 Å². The van der Waals surface area contributed by atoms with Crippen molar-refractivity contribution in [1.29, 1.82) is 0 Å². The highest BCUT2D eigenvalue weighted by molar-refractivity contribution is 6.02. The molecule has 0 bridgehead atoms. The molecule has 0 radical (unpaired) electrons. The maximum atomic E-state index is 12.5. The maximum Gasteiger partial charge on any atom is 0.254 e. The molecule has 2 unspecified atom stereocenters. The van der Waals surface area contributed by atoms with Gasteiger partial charge in [0.05, 0.1) is 25.4 Å². The second-order valence-corrected chi connectivity index (χ2v) is 6.05. The van der Waals surface area contributed by atoms with Gasteiger partial charge in [-0.1, -0.05) is 0 Å². The maximum absolute atomic E-state index is 12.5. The van der Waals surface area contributed by atoms with E-state index in [1.807, 2.05) is 6.07 Å². The van der Waals surface area contributed by atoms with Gasteiger partial charge in [0.25, 0.3) is 11.8 Å². The van der Waals surface area contributed by atoms with E-state index in [2.05, 4.69) is 10.6 Å². The van der Waals surface area contributed by atoms with Gasteiger partial charge in [-0.25, -0.2) is 0 Å². The highest BCUT2D eigenvalue weighted by Gasteiger charge is 2.54. The molecular formula is C16H18N2O4. The van der Waals surface area contributed by atoms with Crippen LogP contribution in [0.5, 0.6) is 5.75 Å². The summed E-state index contributed by atoms with van der Waals surface area (Å²) in [4.78, 5) is 24.5. The van der Waals surface area contributed by atoms with Crippen LogP contribution in [0.4, 0.5) is 0 Å². The fourth-order valence-corrected chi connectivity index (χ4v) is 3.43. The Morgan fingerprint density at radius 2 is 1.95 bits per heavy atom. The zero-order valence-corrected chi connectivity index (χ0v) is 12.3. The summed E-state index contributed by atoms with van der Waals surface area (Å²) in [5.41, 5.74) is 1.88. The molecule has 0 spiro atoms. The number of rotatable bonds is 3. The van der Waals surface area contributed by atoms with Crippen molar-refractivity contribution in [3.8, 4) is 5.75 Å². The van der Waals surface area contributed by atoms with Crippen molar-refractivity contribution in [3.63, 3.8) is 0 Å². The van der Waals surface area contributed by atoms with Crippen molar-refractivity contribution in [2.45, 2.75) is 12.5 Å². The smallest absolute Gasteiger partial charge is 0.254 e. The van der Waals surface area contributed by atoms with Crippen molar-refractivity contribution in [1.82, 2.24) is 10.6 Å². The summed E-state index contributed by atoms with van der Waals surface area (Å²) in [6.07, 6.45) is 0.725. The van der Waals surface area contributed by atoms with Crippen LogP contribution in [0.25, 0.3) is 0 Å². The zero-order valence-electron chi connectivity index (χ0n) is 12.3. The van der Waals surface area contributed by atoms with Crippen LogP contribution in [0.1, 0.15) is 26.3 Å². The number of amides is 2. The van der Waals surface area contributed by atoms with Gasteiger partial charge in [0.2, 0.25) is 0 Å². The first-order valence-corrected chi connectivity index (χ1v) is 7.59. The molecule has 6 nitrogen and oxygen atoms in total. The van der Waals surface area contributed by atoms with Crippen LogP contribution in [-0.4, -0.2) is 44.7 Å². The normalized spacial score (nSPS) is 27.6. The minimum absolute atomic E-state index is 0.126. The first-order valence-electron chi connectivity index (χ1n) is 7.59. The summed E-state index contributed by atoms with van der Waals surface area (Å²) in [6.45, 7) is 2.02. The Balaban J connectivity index is 1.58. The fraction of sp³-hybridized carbons (Fsp3) is 0.500. The molecule has 1 saturated carbocycles. The third-order valence-electron chi connectivity index (χ3n) is 4.77. The number of carbonyl (C=O) groups is 2. The summed E-state index contributed by atoms with van der Waals surface area (Å²) < 4.78 is 10.9. The average Bonchev–Trinajstić information content (AvgIpc) is 2.96. The van der Waals surface area contributed by atoms with Gasteiger partial charge < -0.3 is 20.1 Å². The molecule has 116 valence electrons. The van der Waals surface area contributed by atoms with Crippen LogP contribution in [0.15, 0.2) is 12.1 Å². The van der Waals surface area contributed by atoms with Gasteiger partial charge >= 0.3 is 0 Å². The van der Waals surface area contributed by atoms with Gasteiger partial charge in [-0.3, -0.25) is 9.59 Å². The highest BCUT2D eigenvalue weighted by Crippen LogP contribution is 2.44. The lowest BCUT2D eigenvalue weighted by molar-refractivity contribution is 0.0929. The minimum Gasteiger partial charge on any atom is -0.492 e. The number of carbonyl (C=O) groups excluding carboxylic acids is 2.